The molecule has 0 aliphatic rings. The number of sulfonamides is 1. The first-order chi connectivity index (χ1) is 10.0. The number of nitrogens with one attached hydrogen (secondary N) is 2. The molecule has 0 aliphatic heterocycles. The van der Waals surface area contributed by atoms with E-state index in [0.717, 1.165) is 35.7 Å². The van der Waals surface area contributed by atoms with Crippen LogP contribution >= 0.6 is 22.7 Å². The Hall–Kier alpha value is -0.960. The molecule has 5 nitrogen and oxygen atoms in total. The van der Waals surface area contributed by atoms with Crippen molar-refractivity contribution in [2.75, 3.05) is 17.8 Å². The van der Waals surface area contributed by atoms with E-state index in [-0.39, 0.29) is 0 Å². The topological polar surface area (TPSA) is 71.1 Å². The van der Waals surface area contributed by atoms with Gasteiger partial charge in [0, 0.05) is 16.0 Å². The van der Waals surface area contributed by atoms with Crippen LogP contribution < -0.4 is 10.0 Å². The van der Waals surface area contributed by atoms with Gasteiger partial charge in [0.25, 0.3) is 10.0 Å². The molecule has 8 heteroatoms. The van der Waals surface area contributed by atoms with Crippen LogP contribution in [0, 0.1) is 6.92 Å². The fourth-order valence-corrected chi connectivity index (χ4v) is 4.98. The summed E-state index contributed by atoms with van der Waals surface area (Å²) in [6.07, 6.45) is 3.60. The van der Waals surface area contributed by atoms with Gasteiger partial charge >= 0.3 is 0 Å². The quantitative estimate of drug-likeness (QED) is 0.722. The summed E-state index contributed by atoms with van der Waals surface area (Å²) >= 11 is 2.64. The van der Waals surface area contributed by atoms with Crippen molar-refractivity contribution in [3.63, 3.8) is 0 Å². The van der Waals surface area contributed by atoms with Crippen LogP contribution in [-0.4, -0.2) is 26.5 Å². The maximum absolute atomic E-state index is 12.3. The third-order valence-corrected chi connectivity index (χ3v) is 6.65. The molecule has 2 heterocycles. The lowest BCUT2D eigenvalue weighted by molar-refractivity contribution is 0.603. The molecule has 0 saturated heterocycles. The van der Waals surface area contributed by atoms with Crippen LogP contribution in [0.3, 0.4) is 0 Å². The molecule has 0 aliphatic carbocycles. The van der Waals surface area contributed by atoms with Gasteiger partial charge in [0.05, 0.1) is 0 Å². The van der Waals surface area contributed by atoms with Crippen molar-refractivity contribution in [3.05, 3.63) is 28.1 Å². The second-order valence-electron chi connectivity index (χ2n) is 4.60. The predicted octanol–water partition coefficient (Wildman–Crippen LogP) is 2.86. The summed E-state index contributed by atoms with van der Waals surface area (Å²) in [6.45, 7) is 5.87. The van der Waals surface area contributed by atoms with Crippen LogP contribution in [0.25, 0.3) is 0 Å². The Morgan fingerprint density at radius 1 is 1.24 bits per heavy atom. The number of nitrogens with zero attached hydrogens (tertiary/aromatic N) is 1. The molecular formula is C13H19N3O2S3. The summed E-state index contributed by atoms with van der Waals surface area (Å²) in [4.78, 5) is 6.06. The number of anilines is 1. The molecule has 2 aromatic rings. The highest BCUT2D eigenvalue weighted by Gasteiger charge is 2.18. The van der Waals surface area contributed by atoms with E-state index in [2.05, 4.69) is 21.9 Å². The van der Waals surface area contributed by atoms with Gasteiger partial charge in [-0.05, 0) is 45.0 Å². The molecule has 116 valence electrons. The van der Waals surface area contributed by atoms with E-state index < -0.39 is 10.0 Å². The molecule has 0 amide bonds. The highest BCUT2D eigenvalue weighted by Crippen LogP contribution is 2.26. The second-order valence-corrected chi connectivity index (χ2v) is 8.91. The molecule has 0 atom stereocenters. The zero-order valence-electron chi connectivity index (χ0n) is 12.0. The maximum atomic E-state index is 12.3. The van der Waals surface area contributed by atoms with E-state index >= 15 is 0 Å². The third kappa shape index (κ3) is 4.77. The highest BCUT2D eigenvalue weighted by molar-refractivity contribution is 7.94. The molecule has 2 rings (SSSR count). The lowest BCUT2D eigenvalue weighted by Gasteiger charge is -2.02. The minimum absolute atomic E-state index is 0.334. The first-order valence-corrected chi connectivity index (χ1v) is 9.87. The summed E-state index contributed by atoms with van der Waals surface area (Å²) in [5.41, 5.74) is 0. The summed E-state index contributed by atoms with van der Waals surface area (Å²) in [7, 11) is -3.52. The maximum Gasteiger partial charge on any atom is 0.273 e. The monoisotopic (exact) mass is 345 g/mol. The van der Waals surface area contributed by atoms with Crippen molar-refractivity contribution < 1.29 is 8.42 Å². The summed E-state index contributed by atoms with van der Waals surface area (Å²) in [6, 6.07) is 3.53. The number of thiophene rings is 1. The predicted molar refractivity (Wildman–Crippen MR) is 88.8 cm³/mol. The molecule has 0 bridgehead atoms. The van der Waals surface area contributed by atoms with Gasteiger partial charge in [-0.25, -0.2) is 13.4 Å². The Labute approximate surface area is 133 Å². The zero-order valence-corrected chi connectivity index (χ0v) is 14.5. The number of aryl methyl sites for hydroxylation is 1. The van der Waals surface area contributed by atoms with Crippen LogP contribution in [0.1, 0.15) is 23.1 Å². The van der Waals surface area contributed by atoms with Gasteiger partial charge < -0.3 is 5.32 Å². The molecule has 2 N–H and O–H groups in total. The Morgan fingerprint density at radius 2 is 2.05 bits per heavy atom. The molecule has 0 saturated carbocycles. The largest absolute Gasteiger partial charge is 0.316 e. The number of rotatable bonds is 8. The summed E-state index contributed by atoms with van der Waals surface area (Å²) < 4.78 is 27.4. The Balaban J connectivity index is 1.98. The van der Waals surface area contributed by atoms with Crippen LogP contribution in [-0.2, 0) is 16.4 Å². The molecule has 0 radical (unpaired) electrons. The molecule has 21 heavy (non-hydrogen) atoms. The van der Waals surface area contributed by atoms with E-state index in [9.17, 15) is 8.42 Å². The standard InChI is InChI=1S/C13H19N3O2S3/c1-3-7-14-8-6-11-4-5-12(20-11)21(17,18)16-13-15-9-10(2)19-13/h4-5,9,14H,3,6-8H2,1-2H3,(H,15,16). The minimum Gasteiger partial charge on any atom is -0.316 e. The fraction of sp³-hybridized carbons (Fsp3) is 0.462. The summed E-state index contributed by atoms with van der Waals surface area (Å²) in [5, 5.41) is 3.72. The molecule has 0 fully saturated rings. The number of aromatic nitrogens is 1. The zero-order chi connectivity index (χ0) is 15.3. The van der Waals surface area contributed by atoms with Crippen LogP contribution in [0.2, 0.25) is 0 Å². The van der Waals surface area contributed by atoms with Gasteiger partial charge in [0.15, 0.2) is 5.13 Å². The minimum atomic E-state index is -3.52. The number of hydrogen-bond donors (Lipinski definition) is 2. The van der Waals surface area contributed by atoms with Crippen LogP contribution in [0.15, 0.2) is 22.5 Å². The van der Waals surface area contributed by atoms with Gasteiger partial charge in [0.2, 0.25) is 0 Å². The normalized spacial score (nSPS) is 11.7. The van der Waals surface area contributed by atoms with Crippen LogP contribution in [0.4, 0.5) is 5.13 Å². The lowest BCUT2D eigenvalue weighted by Crippen LogP contribution is -2.17. The van der Waals surface area contributed by atoms with Gasteiger partial charge in [-0.2, -0.15) is 0 Å². The summed E-state index contributed by atoms with van der Waals surface area (Å²) in [5.74, 6) is 0. The smallest absolute Gasteiger partial charge is 0.273 e. The molecule has 0 unspecified atom stereocenters. The molecule has 2 aromatic heterocycles. The van der Waals surface area contributed by atoms with Gasteiger partial charge in [0.1, 0.15) is 4.21 Å². The Kier molecular flexibility index (Phi) is 5.74. The number of hydrogen-bond acceptors (Lipinski definition) is 6. The first-order valence-electron chi connectivity index (χ1n) is 6.76. The van der Waals surface area contributed by atoms with Crippen molar-refractivity contribution >= 4 is 37.8 Å². The van der Waals surface area contributed by atoms with Crippen molar-refractivity contribution in [1.29, 1.82) is 0 Å². The van der Waals surface area contributed by atoms with Crippen LogP contribution in [0.5, 0.6) is 0 Å². The highest BCUT2D eigenvalue weighted by atomic mass is 32.2. The van der Waals surface area contributed by atoms with Crippen molar-refractivity contribution in [2.24, 2.45) is 0 Å². The second kappa shape index (κ2) is 7.35. The van der Waals surface area contributed by atoms with Gasteiger partial charge in [-0.3, -0.25) is 4.72 Å². The van der Waals surface area contributed by atoms with Gasteiger partial charge in [-0.15, -0.1) is 22.7 Å². The molecule has 0 aromatic carbocycles. The SMILES string of the molecule is CCCNCCc1ccc(S(=O)(=O)Nc2ncc(C)s2)s1. The molecular weight excluding hydrogens is 326 g/mol. The fourth-order valence-electron chi connectivity index (χ4n) is 1.72. The Bertz CT molecular complexity index is 676. The van der Waals surface area contributed by atoms with Crippen molar-refractivity contribution in [2.45, 2.75) is 30.9 Å². The first kappa shape index (κ1) is 16.4. The van der Waals surface area contributed by atoms with Crippen molar-refractivity contribution in [1.82, 2.24) is 10.3 Å². The lowest BCUT2D eigenvalue weighted by atomic mass is 10.3. The van der Waals surface area contributed by atoms with E-state index in [0.29, 0.717) is 9.34 Å². The van der Waals surface area contributed by atoms with E-state index in [1.54, 1.807) is 12.3 Å². The third-order valence-electron chi connectivity index (χ3n) is 2.72. The van der Waals surface area contributed by atoms with E-state index in [1.165, 1.54) is 22.7 Å². The average Bonchev–Trinajstić information content (AvgIpc) is 3.04. The van der Waals surface area contributed by atoms with Gasteiger partial charge in [-0.1, -0.05) is 6.92 Å². The molecule has 0 spiro atoms. The number of thiazole rings is 1. The average molecular weight is 346 g/mol. The van der Waals surface area contributed by atoms with Crippen molar-refractivity contribution in [3.8, 4) is 0 Å². The van der Waals surface area contributed by atoms with E-state index in [1.807, 2.05) is 13.0 Å². The Morgan fingerprint density at radius 3 is 2.71 bits per heavy atom. The van der Waals surface area contributed by atoms with E-state index in [4.69, 9.17) is 0 Å².